The van der Waals surface area contributed by atoms with E-state index in [2.05, 4.69) is 0 Å². The number of ether oxygens (including phenoxy) is 4. The number of nitro benzene ring substituents is 1. The largest absolute Gasteiger partial charge is 0.514 e. The maximum atomic E-state index is 12.3. The van der Waals surface area contributed by atoms with Crippen LogP contribution in [0.5, 0.6) is 5.75 Å². The SMILES string of the molecule is CC(C)(C)OC(=O)CC(OC(=O)Oc1ccc([N+](=O)[O-])cc1)C(=O)OC(C)(C)C. The van der Waals surface area contributed by atoms with Crippen molar-refractivity contribution in [2.24, 2.45) is 0 Å². The van der Waals surface area contributed by atoms with E-state index in [-0.39, 0.29) is 11.4 Å². The molecule has 0 amide bonds. The Bertz CT molecular complexity index is 757. The number of hydrogen-bond donors (Lipinski definition) is 0. The molecule has 0 aliphatic carbocycles. The topological polar surface area (TPSA) is 131 Å². The van der Waals surface area contributed by atoms with E-state index in [1.165, 1.54) is 12.1 Å². The second kappa shape index (κ2) is 9.35. The van der Waals surface area contributed by atoms with Crippen LogP contribution >= 0.6 is 0 Å². The summed E-state index contributed by atoms with van der Waals surface area (Å²) in [4.78, 5) is 46.5. The van der Waals surface area contributed by atoms with Crippen LogP contribution in [0.3, 0.4) is 0 Å². The first-order valence-electron chi connectivity index (χ1n) is 8.74. The summed E-state index contributed by atoms with van der Waals surface area (Å²) in [5.74, 6) is -1.75. The molecule has 0 fully saturated rings. The van der Waals surface area contributed by atoms with E-state index < -0.39 is 46.7 Å². The molecule has 0 aliphatic rings. The number of non-ortho nitro benzene ring substituents is 1. The summed E-state index contributed by atoms with van der Waals surface area (Å²) in [5, 5.41) is 10.6. The van der Waals surface area contributed by atoms with Gasteiger partial charge in [-0.15, -0.1) is 0 Å². The molecule has 1 aromatic carbocycles. The van der Waals surface area contributed by atoms with Gasteiger partial charge in [-0.05, 0) is 53.7 Å². The maximum absolute atomic E-state index is 12.3. The first-order chi connectivity index (χ1) is 13.2. The van der Waals surface area contributed by atoms with Gasteiger partial charge < -0.3 is 18.9 Å². The number of nitrogens with zero attached hydrogens (tertiary/aromatic N) is 1. The molecule has 0 spiro atoms. The fraction of sp³-hybridized carbons (Fsp3) is 0.526. The minimum atomic E-state index is -1.59. The third-order valence-corrected chi connectivity index (χ3v) is 2.93. The Labute approximate surface area is 168 Å². The Kier molecular flexibility index (Phi) is 7.70. The lowest BCUT2D eigenvalue weighted by Crippen LogP contribution is -2.38. The molecule has 1 unspecified atom stereocenters. The predicted molar refractivity (Wildman–Crippen MR) is 100 cm³/mol. The highest BCUT2D eigenvalue weighted by molar-refractivity contribution is 5.84. The van der Waals surface area contributed by atoms with Gasteiger partial charge in [-0.1, -0.05) is 0 Å². The van der Waals surface area contributed by atoms with Crippen LogP contribution in [-0.2, 0) is 23.8 Å². The summed E-state index contributed by atoms with van der Waals surface area (Å²) >= 11 is 0. The maximum Gasteiger partial charge on any atom is 0.514 e. The van der Waals surface area contributed by atoms with E-state index in [4.69, 9.17) is 18.9 Å². The predicted octanol–water partition coefficient (Wildman–Crippen LogP) is 3.55. The van der Waals surface area contributed by atoms with Gasteiger partial charge in [-0.2, -0.15) is 0 Å². The van der Waals surface area contributed by atoms with Gasteiger partial charge in [-0.3, -0.25) is 14.9 Å². The minimum Gasteiger partial charge on any atom is -0.460 e. The molecule has 0 aliphatic heterocycles. The van der Waals surface area contributed by atoms with Crippen LogP contribution in [0.1, 0.15) is 48.0 Å². The van der Waals surface area contributed by atoms with Crippen LogP contribution in [-0.4, -0.2) is 40.3 Å². The van der Waals surface area contributed by atoms with Gasteiger partial charge in [0.25, 0.3) is 5.69 Å². The third-order valence-electron chi connectivity index (χ3n) is 2.93. The lowest BCUT2D eigenvalue weighted by atomic mass is 10.1. The summed E-state index contributed by atoms with van der Waals surface area (Å²) in [7, 11) is 0. The van der Waals surface area contributed by atoms with Crippen LogP contribution < -0.4 is 4.74 Å². The van der Waals surface area contributed by atoms with Crippen molar-refractivity contribution in [2.45, 2.75) is 65.3 Å². The van der Waals surface area contributed by atoms with Crippen molar-refractivity contribution in [3.63, 3.8) is 0 Å². The Morgan fingerprint density at radius 2 is 1.48 bits per heavy atom. The second-order valence-electron chi connectivity index (χ2n) is 8.03. The van der Waals surface area contributed by atoms with Gasteiger partial charge in [0.05, 0.1) is 11.3 Å². The molecule has 0 saturated carbocycles. The average molecular weight is 411 g/mol. The summed E-state index contributed by atoms with van der Waals surface area (Å²) < 4.78 is 20.2. The number of rotatable bonds is 6. The monoisotopic (exact) mass is 411 g/mol. The molecule has 10 nitrogen and oxygen atoms in total. The van der Waals surface area contributed by atoms with Crippen LogP contribution in [0.4, 0.5) is 10.5 Å². The molecule has 1 rings (SSSR count). The number of carbonyl (C=O) groups is 3. The number of nitro groups is 1. The van der Waals surface area contributed by atoms with Crippen molar-refractivity contribution < 1.29 is 38.3 Å². The molecule has 10 heteroatoms. The number of esters is 2. The molecular formula is C19H25NO9. The molecule has 1 atom stereocenters. The quantitative estimate of drug-likeness (QED) is 0.227. The van der Waals surface area contributed by atoms with Gasteiger partial charge in [-0.25, -0.2) is 9.59 Å². The summed E-state index contributed by atoms with van der Waals surface area (Å²) in [6.45, 7) is 9.80. The van der Waals surface area contributed by atoms with Crippen molar-refractivity contribution in [3.05, 3.63) is 34.4 Å². The van der Waals surface area contributed by atoms with E-state index in [0.717, 1.165) is 12.1 Å². The molecule has 0 aromatic heterocycles. The van der Waals surface area contributed by atoms with Gasteiger partial charge in [0, 0.05) is 12.1 Å². The van der Waals surface area contributed by atoms with Gasteiger partial charge in [0.2, 0.25) is 6.10 Å². The molecule has 29 heavy (non-hydrogen) atoms. The molecule has 0 radical (unpaired) electrons. The van der Waals surface area contributed by atoms with Crippen LogP contribution in [0.15, 0.2) is 24.3 Å². The number of carbonyl (C=O) groups excluding carboxylic acids is 3. The first kappa shape index (κ1) is 23.9. The summed E-state index contributed by atoms with van der Waals surface area (Å²) in [6, 6.07) is 4.65. The van der Waals surface area contributed by atoms with Crippen molar-refractivity contribution in [1.29, 1.82) is 0 Å². The smallest absolute Gasteiger partial charge is 0.460 e. The normalized spacial score (nSPS) is 12.5. The molecule has 0 N–H and O–H groups in total. The van der Waals surface area contributed by atoms with E-state index >= 15 is 0 Å². The summed E-state index contributed by atoms with van der Waals surface area (Å²) in [5.41, 5.74) is -1.87. The molecule has 0 heterocycles. The van der Waals surface area contributed by atoms with Gasteiger partial charge >= 0.3 is 18.1 Å². The highest BCUT2D eigenvalue weighted by Crippen LogP contribution is 2.19. The Hall–Kier alpha value is -3.17. The van der Waals surface area contributed by atoms with E-state index in [9.17, 15) is 24.5 Å². The lowest BCUT2D eigenvalue weighted by molar-refractivity contribution is -0.384. The third kappa shape index (κ3) is 9.54. The summed E-state index contributed by atoms with van der Waals surface area (Å²) in [6.07, 6.45) is -3.44. The van der Waals surface area contributed by atoms with Crippen molar-refractivity contribution in [1.82, 2.24) is 0 Å². The number of benzene rings is 1. The van der Waals surface area contributed by atoms with Crippen molar-refractivity contribution >= 4 is 23.8 Å². The Morgan fingerprint density at radius 1 is 0.966 bits per heavy atom. The molecule has 0 saturated heterocycles. The fourth-order valence-electron chi connectivity index (χ4n) is 1.95. The second-order valence-corrected chi connectivity index (χ2v) is 8.03. The highest BCUT2D eigenvalue weighted by Gasteiger charge is 2.33. The van der Waals surface area contributed by atoms with Crippen molar-refractivity contribution in [3.8, 4) is 5.75 Å². The van der Waals surface area contributed by atoms with E-state index in [0.29, 0.717) is 0 Å². The highest BCUT2D eigenvalue weighted by atomic mass is 16.7. The zero-order valence-electron chi connectivity index (χ0n) is 17.2. The van der Waals surface area contributed by atoms with Crippen LogP contribution in [0.25, 0.3) is 0 Å². The van der Waals surface area contributed by atoms with E-state index in [1.807, 2.05) is 0 Å². The van der Waals surface area contributed by atoms with Crippen LogP contribution in [0.2, 0.25) is 0 Å². The van der Waals surface area contributed by atoms with Crippen LogP contribution in [0, 0.1) is 10.1 Å². The van der Waals surface area contributed by atoms with E-state index in [1.54, 1.807) is 41.5 Å². The fourth-order valence-corrected chi connectivity index (χ4v) is 1.95. The lowest BCUT2D eigenvalue weighted by Gasteiger charge is -2.25. The van der Waals surface area contributed by atoms with Gasteiger partial charge in [0.1, 0.15) is 17.0 Å². The number of hydrogen-bond acceptors (Lipinski definition) is 9. The zero-order chi connectivity index (χ0) is 22.4. The van der Waals surface area contributed by atoms with Crippen molar-refractivity contribution in [2.75, 3.05) is 0 Å². The molecule has 1 aromatic rings. The minimum absolute atomic E-state index is 0.0409. The Balaban J connectivity index is 2.85. The van der Waals surface area contributed by atoms with Gasteiger partial charge in [0.15, 0.2) is 0 Å². The molecular weight excluding hydrogens is 386 g/mol. The molecule has 0 bridgehead atoms. The molecule has 160 valence electrons. The average Bonchev–Trinajstić information content (AvgIpc) is 2.51. The first-order valence-corrected chi connectivity index (χ1v) is 8.74. The zero-order valence-corrected chi connectivity index (χ0v) is 17.2. The Morgan fingerprint density at radius 3 is 1.93 bits per heavy atom. The standard InChI is InChI=1S/C19H25NO9/c1-18(2,3)28-15(21)11-14(16(22)29-19(4,5)6)27-17(23)26-13-9-7-12(8-10-13)20(24)25/h7-10,14H,11H2,1-6H3.